The normalized spacial score (nSPS) is 16.6. The molecule has 5 rings (SSSR count). The number of benzene rings is 2. The fourth-order valence-electron chi connectivity index (χ4n) is 4.35. The van der Waals surface area contributed by atoms with Gasteiger partial charge in [0.1, 0.15) is 0 Å². The van der Waals surface area contributed by atoms with Gasteiger partial charge in [-0.1, -0.05) is 47.6 Å². The topological polar surface area (TPSA) is 73.4 Å². The largest absolute Gasteiger partial charge is 0.365 e. The van der Waals surface area contributed by atoms with Gasteiger partial charge in [0.05, 0.1) is 13.2 Å². The van der Waals surface area contributed by atoms with Gasteiger partial charge in [-0.2, -0.15) is 4.98 Å². The molecule has 0 N–H and O–H groups in total. The van der Waals surface area contributed by atoms with Crippen LogP contribution in [0, 0.1) is 6.92 Å². The summed E-state index contributed by atoms with van der Waals surface area (Å²) < 4.78 is 13.5. The van der Waals surface area contributed by atoms with Gasteiger partial charge in [0.2, 0.25) is 11.7 Å². The van der Waals surface area contributed by atoms with Crippen LogP contribution in [0.4, 0.5) is 0 Å². The lowest BCUT2D eigenvalue weighted by atomic mass is 10.1. The van der Waals surface area contributed by atoms with Crippen molar-refractivity contribution in [1.82, 2.24) is 19.6 Å². The Bertz CT molecular complexity index is 1260. The average Bonchev–Trinajstić information content (AvgIpc) is 3.43. The zero-order chi connectivity index (χ0) is 22.1. The van der Waals surface area contributed by atoms with Crippen LogP contribution in [0.2, 0.25) is 0 Å². The first-order valence-corrected chi connectivity index (χ1v) is 10.9. The van der Waals surface area contributed by atoms with Crippen LogP contribution in [0.5, 0.6) is 0 Å². The lowest BCUT2D eigenvalue weighted by molar-refractivity contribution is -0.140. The third-order valence-corrected chi connectivity index (χ3v) is 6.11. The highest BCUT2D eigenvalue weighted by Crippen LogP contribution is 2.26. The second kappa shape index (κ2) is 8.59. The molecule has 7 nitrogen and oxygen atoms in total. The Balaban J connectivity index is 1.25. The number of rotatable bonds is 5. The zero-order valence-corrected chi connectivity index (χ0v) is 18.3. The van der Waals surface area contributed by atoms with Gasteiger partial charge in [0.15, 0.2) is 6.10 Å². The number of aryl methyl sites for hydroxylation is 3. The molecule has 4 aromatic rings. The highest BCUT2D eigenvalue weighted by molar-refractivity contribution is 5.85. The number of fused-ring (bicyclic) bond motifs is 1. The van der Waals surface area contributed by atoms with Crippen molar-refractivity contribution < 1.29 is 14.1 Å². The Morgan fingerprint density at radius 2 is 1.97 bits per heavy atom. The first-order valence-electron chi connectivity index (χ1n) is 10.9. The van der Waals surface area contributed by atoms with Gasteiger partial charge in [0.25, 0.3) is 5.89 Å². The van der Waals surface area contributed by atoms with Crippen molar-refractivity contribution in [3.8, 4) is 11.4 Å². The molecule has 1 atom stereocenters. The third kappa shape index (κ3) is 3.91. The SMILES string of the molecule is Cc1ccccc1-c1noc(C2CN(C(=O)CCc3cn(C)c4ccccc34)CCO2)n1. The number of aromatic nitrogens is 3. The van der Waals surface area contributed by atoms with E-state index in [4.69, 9.17) is 9.26 Å². The van der Waals surface area contributed by atoms with Crippen molar-refractivity contribution in [3.05, 3.63) is 71.7 Å². The number of carbonyl (C=O) groups is 1. The Morgan fingerprint density at radius 3 is 2.84 bits per heavy atom. The molecule has 1 amide bonds. The van der Waals surface area contributed by atoms with E-state index in [1.54, 1.807) is 0 Å². The molecule has 1 fully saturated rings. The number of ether oxygens (including phenoxy) is 1. The Morgan fingerprint density at radius 1 is 1.16 bits per heavy atom. The van der Waals surface area contributed by atoms with Gasteiger partial charge >= 0.3 is 0 Å². The maximum Gasteiger partial charge on any atom is 0.257 e. The van der Waals surface area contributed by atoms with E-state index in [1.165, 1.54) is 16.5 Å². The van der Waals surface area contributed by atoms with Crippen LogP contribution in [-0.4, -0.2) is 45.2 Å². The Kier molecular flexibility index (Phi) is 5.49. The Labute approximate surface area is 186 Å². The van der Waals surface area contributed by atoms with Crippen LogP contribution in [0.3, 0.4) is 0 Å². The Hall–Kier alpha value is -3.45. The third-order valence-electron chi connectivity index (χ3n) is 6.11. The minimum atomic E-state index is -0.407. The summed E-state index contributed by atoms with van der Waals surface area (Å²) >= 11 is 0. The first-order chi connectivity index (χ1) is 15.6. The first kappa shape index (κ1) is 20.5. The van der Waals surface area contributed by atoms with Crippen molar-refractivity contribution in [2.45, 2.75) is 25.9 Å². The predicted molar refractivity (Wildman–Crippen MR) is 121 cm³/mol. The lowest BCUT2D eigenvalue weighted by Gasteiger charge is -2.31. The number of hydrogen-bond acceptors (Lipinski definition) is 5. The molecule has 1 aliphatic heterocycles. The molecular weight excluding hydrogens is 404 g/mol. The summed E-state index contributed by atoms with van der Waals surface area (Å²) in [6.07, 6.45) is 2.88. The van der Waals surface area contributed by atoms with Gasteiger partial charge in [-0.05, 0) is 30.5 Å². The molecule has 2 aromatic heterocycles. The lowest BCUT2D eigenvalue weighted by Crippen LogP contribution is -2.42. The molecule has 2 aromatic carbocycles. The molecule has 0 saturated carbocycles. The zero-order valence-electron chi connectivity index (χ0n) is 18.3. The van der Waals surface area contributed by atoms with Crippen LogP contribution in [0.25, 0.3) is 22.3 Å². The van der Waals surface area contributed by atoms with Crippen molar-refractivity contribution in [1.29, 1.82) is 0 Å². The van der Waals surface area contributed by atoms with Gasteiger partial charge in [-0.25, -0.2) is 0 Å². The maximum absolute atomic E-state index is 13.0. The molecule has 1 unspecified atom stereocenters. The number of nitrogens with zero attached hydrogens (tertiary/aromatic N) is 4. The predicted octanol–water partition coefficient (Wildman–Crippen LogP) is 4.07. The molecule has 164 valence electrons. The maximum atomic E-state index is 13.0. The van der Waals surface area contributed by atoms with Crippen molar-refractivity contribution in [3.63, 3.8) is 0 Å². The van der Waals surface area contributed by atoms with Crippen LogP contribution in [0.1, 0.15) is 29.5 Å². The van der Waals surface area contributed by atoms with Crippen molar-refractivity contribution >= 4 is 16.8 Å². The van der Waals surface area contributed by atoms with Crippen LogP contribution >= 0.6 is 0 Å². The molecule has 0 radical (unpaired) electrons. The van der Waals surface area contributed by atoms with Crippen LogP contribution in [-0.2, 0) is 23.0 Å². The molecule has 7 heteroatoms. The standard InChI is InChI=1S/C25H26N4O3/c1-17-7-3-4-8-19(17)24-26-25(32-27-24)22-16-29(13-14-31-22)23(30)12-11-18-15-28(2)21-10-6-5-9-20(18)21/h3-10,15,22H,11-14,16H2,1-2H3. The van der Waals surface area contributed by atoms with Gasteiger partial charge in [-0.3, -0.25) is 4.79 Å². The molecule has 1 saturated heterocycles. The summed E-state index contributed by atoms with van der Waals surface area (Å²) in [6, 6.07) is 16.2. The van der Waals surface area contributed by atoms with Gasteiger partial charge in [0, 0.05) is 42.7 Å². The summed E-state index contributed by atoms with van der Waals surface area (Å²) in [4.78, 5) is 19.3. The highest BCUT2D eigenvalue weighted by Gasteiger charge is 2.29. The van der Waals surface area contributed by atoms with E-state index < -0.39 is 6.10 Å². The van der Waals surface area contributed by atoms with E-state index in [2.05, 4.69) is 33.0 Å². The molecule has 0 spiro atoms. The van der Waals surface area contributed by atoms with E-state index in [9.17, 15) is 4.79 Å². The second-order valence-corrected chi connectivity index (χ2v) is 8.25. The minimum absolute atomic E-state index is 0.116. The van der Waals surface area contributed by atoms with Crippen molar-refractivity contribution in [2.75, 3.05) is 19.7 Å². The monoisotopic (exact) mass is 430 g/mol. The average molecular weight is 431 g/mol. The number of amides is 1. The number of carbonyl (C=O) groups excluding carboxylic acids is 1. The van der Waals surface area contributed by atoms with E-state index in [1.807, 2.05) is 55.3 Å². The summed E-state index contributed by atoms with van der Waals surface area (Å²) in [5.74, 6) is 1.07. The van der Waals surface area contributed by atoms with Crippen LogP contribution < -0.4 is 0 Å². The molecule has 32 heavy (non-hydrogen) atoms. The summed E-state index contributed by atoms with van der Waals surface area (Å²) in [6.45, 7) is 3.46. The number of morpholine rings is 1. The number of para-hydroxylation sites is 1. The summed E-state index contributed by atoms with van der Waals surface area (Å²) in [5, 5.41) is 5.33. The summed E-state index contributed by atoms with van der Waals surface area (Å²) in [7, 11) is 2.04. The fraction of sp³-hybridized carbons (Fsp3) is 0.320. The molecule has 3 heterocycles. The quantitative estimate of drug-likeness (QED) is 0.477. The van der Waals surface area contributed by atoms with E-state index in [0.29, 0.717) is 44.3 Å². The minimum Gasteiger partial charge on any atom is -0.365 e. The molecule has 0 aliphatic carbocycles. The van der Waals surface area contributed by atoms with Crippen molar-refractivity contribution in [2.24, 2.45) is 7.05 Å². The van der Waals surface area contributed by atoms with Gasteiger partial charge in [-0.15, -0.1) is 0 Å². The molecule has 1 aliphatic rings. The second-order valence-electron chi connectivity index (χ2n) is 8.25. The van der Waals surface area contributed by atoms with E-state index in [-0.39, 0.29) is 5.91 Å². The molecular formula is C25H26N4O3. The van der Waals surface area contributed by atoms with E-state index >= 15 is 0 Å². The number of hydrogen-bond donors (Lipinski definition) is 0. The van der Waals surface area contributed by atoms with Crippen LogP contribution in [0.15, 0.2) is 59.3 Å². The van der Waals surface area contributed by atoms with Gasteiger partial charge < -0.3 is 18.7 Å². The van der Waals surface area contributed by atoms with E-state index in [0.717, 1.165) is 11.1 Å². The highest BCUT2D eigenvalue weighted by atomic mass is 16.5. The summed E-state index contributed by atoms with van der Waals surface area (Å²) in [5.41, 5.74) is 4.39. The molecule has 0 bridgehead atoms. The smallest absolute Gasteiger partial charge is 0.257 e. The fourth-order valence-corrected chi connectivity index (χ4v) is 4.35.